The van der Waals surface area contributed by atoms with Gasteiger partial charge in [0.1, 0.15) is 22.3 Å². The summed E-state index contributed by atoms with van der Waals surface area (Å²) in [5, 5.41) is 6.93. The third kappa shape index (κ3) is 6.14. The Morgan fingerprint density at radius 2 is 0.721 bits per heavy atom. The number of benzene rings is 10. The zero-order chi connectivity index (χ0) is 40.3. The fourth-order valence-corrected chi connectivity index (χ4v) is 9.01. The summed E-state index contributed by atoms with van der Waals surface area (Å²) >= 11 is 0. The van der Waals surface area contributed by atoms with Crippen LogP contribution in [-0.2, 0) is 0 Å². The van der Waals surface area contributed by atoms with Crippen molar-refractivity contribution in [3.05, 3.63) is 224 Å². The molecular formula is C58H37NO2. The first-order valence-corrected chi connectivity index (χ1v) is 20.7. The van der Waals surface area contributed by atoms with E-state index in [-0.39, 0.29) is 0 Å². The Labute approximate surface area is 353 Å². The summed E-state index contributed by atoms with van der Waals surface area (Å²) in [7, 11) is 0. The predicted octanol–water partition coefficient (Wildman–Crippen LogP) is 16.8. The number of hydrogen-bond donors (Lipinski definition) is 0. The first-order valence-electron chi connectivity index (χ1n) is 20.7. The Morgan fingerprint density at radius 3 is 1.41 bits per heavy atom. The molecule has 3 nitrogen and oxygen atoms in total. The van der Waals surface area contributed by atoms with E-state index in [1.54, 1.807) is 0 Å². The van der Waals surface area contributed by atoms with Crippen molar-refractivity contribution < 1.29 is 8.83 Å². The van der Waals surface area contributed by atoms with Crippen LogP contribution in [0.4, 0.5) is 17.1 Å². The van der Waals surface area contributed by atoms with Crippen LogP contribution < -0.4 is 4.90 Å². The molecule has 10 aromatic carbocycles. The molecule has 0 aliphatic rings. The van der Waals surface area contributed by atoms with Gasteiger partial charge >= 0.3 is 0 Å². The number of fused-ring (bicyclic) bond motifs is 7. The van der Waals surface area contributed by atoms with Crippen molar-refractivity contribution in [2.24, 2.45) is 0 Å². The Bertz CT molecular complexity index is 3590. The third-order valence-electron chi connectivity index (χ3n) is 12.1. The van der Waals surface area contributed by atoms with E-state index in [0.717, 1.165) is 77.6 Å². The summed E-state index contributed by atoms with van der Waals surface area (Å²) < 4.78 is 12.5. The SMILES string of the molecule is c1cc(-c2ccc(N(c3ccc(-c4ccc5oc6ccccc6c5c4)cc3)c3cccc4oc5ccccc5c34)cc2)cc(-c2cccc(-c3ccc4ccccc4c3)c2)c1. The Balaban J connectivity index is 0.914. The summed E-state index contributed by atoms with van der Waals surface area (Å²) in [5.74, 6) is 0. The molecular weight excluding hydrogens is 743 g/mol. The van der Waals surface area contributed by atoms with E-state index in [1.807, 2.05) is 24.3 Å². The molecule has 61 heavy (non-hydrogen) atoms. The second-order valence-electron chi connectivity index (χ2n) is 15.7. The van der Waals surface area contributed by atoms with E-state index in [9.17, 15) is 0 Å². The van der Waals surface area contributed by atoms with E-state index in [0.29, 0.717) is 0 Å². The fraction of sp³-hybridized carbons (Fsp3) is 0. The van der Waals surface area contributed by atoms with Crippen LogP contribution in [-0.4, -0.2) is 0 Å². The van der Waals surface area contributed by atoms with Crippen molar-refractivity contribution in [2.45, 2.75) is 0 Å². The van der Waals surface area contributed by atoms with Gasteiger partial charge in [-0.15, -0.1) is 0 Å². The van der Waals surface area contributed by atoms with Crippen LogP contribution in [0.3, 0.4) is 0 Å². The maximum atomic E-state index is 6.39. The van der Waals surface area contributed by atoms with E-state index >= 15 is 0 Å². The number of furan rings is 2. The topological polar surface area (TPSA) is 29.5 Å². The smallest absolute Gasteiger partial charge is 0.137 e. The second-order valence-corrected chi connectivity index (χ2v) is 15.7. The minimum Gasteiger partial charge on any atom is -0.456 e. The molecule has 0 spiro atoms. The molecule has 0 saturated heterocycles. The van der Waals surface area contributed by atoms with Crippen LogP contribution in [0.15, 0.2) is 233 Å². The Kier molecular flexibility index (Phi) is 8.17. The molecule has 0 saturated carbocycles. The highest BCUT2D eigenvalue weighted by molar-refractivity contribution is 6.13. The molecule has 2 heterocycles. The molecule has 0 atom stereocenters. The lowest BCUT2D eigenvalue weighted by molar-refractivity contribution is 0.668. The molecule has 12 aromatic rings. The number of anilines is 3. The van der Waals surface area contributed by atoms with Gasteiger partial charge in [-0.25, -0.2) is 0 Å². The van der Waals surface area contributed by atoms with Crippen LogP contribution in [0.2, 0.25) is 0 Å². The highest BCUT2D eigenvalue weighted by atomic mass is 16.3. The first-order chi connectivity index (χ1) is 30.2. The van der Waals surface area contributed by atoms with E-state index < -0.39 is 0 Å². The quantitative estimate of drug-likeness (QED) is 0.161. The highest BCUT2D eigenvalue weighted by Crippen LogP contribution is 2.44. The first kappa shape index (κ1) is 34.9. The van der Waals surface area contributed by atoms with E-state index in [4.69, 9.17) is 8.83 Å². The molecule has 0 radical (unpaired) electrons. The summed E-state index contributed by atoms with van der Waals surface area (Å²) in [6.07, 6.45) is 0. The largest absolute Gasteiger partial charge is 0.456 e. The van der Waals surface area contributed by atoms with Gasteiger partial charge in [-0.2, -0.15) is 0 Å². The minimum atomic E-state index is 0.860. The molecule has 12 rings (SSSR count). The van der Waals surface area contributed by atoms with E-state index in [2.05, 4.69) is 205 Å². The zero-order valence-electron chi connectivity index (χ0n) is 33.1. The summed E-state index contributed by atoms with van der Waals surface area (Å²) in [4.78, 5) is 2.35. The Hall–Kier alpha value is -8.14. The molecule has 0 aliphatic heterocycles. The van der Waals surface area contributed by atoms with Crippen LogP contribution in [0, 0.1) is 0 Å². The molecule has 3 heteroatoms. The normalized spacial score (nSPS) is 11.6. The Morgan fingerprint density at radius 1 is 0.262 bits per heavy atom. The van der Waals surface area contributed by atoms with Crippen molar-refractivity contribution in [3.63, 3.8) is 0 Å². The van der Waals surface area contributed by atoms with Crippen molar-refractivity contribution in [1.29, 1.82) is 0 Å². The van der Waals surface area contributed by atoms with Gasteiger partial charge in [0.15, 0.2) is 0 Å². The highest BCUT2D eigenvalue weighted by Gasteiger charge is 2.20. The lowest BCUT2D eigenvalue weighted by Gasteiger charge is -2.26. The van der Waals surface area contributed by atoms with Crippen LogP contribution >= 0.6 is 0 Å². The van der Waals surface area contributed by atoms with Gasteiger partial charge in [-0.3, -0.25) is 0 Å². The molecule has 0 amide bonds. The minimum absolute atomic E-state index is 0.860. The van der Waals surface area contributed by atoms with Gasteiger partial charge in [0, 0.05) is 27.5 Å². The van der Waals surface area contributed by atoms with Gasteiger partial charge in [-0.1, -0.05) is 146 Å². The molecule has 0 bridgehead atoms. The molecule has 286 valence electrons. The van der Waals surface area contributed by atoms with Gasteiger partial charge < -0.3 is 13.7 Å². The second kappa shape index (κ2) is 14.3. The number of para-hydroxylation sites is 2. The fourth-order valence-electron chi connectivity index (χ4n) is 9.01. The van der Waals surface area contributed by atoms with Crippen LogP contribution in [0.5, 0.6) is 0 Å². The zero-order valence-corrected chi connectivity index (χ0v) is 33.1. The standard InChI is InChI=1S/C58H37NO2/c1-2-11-41-35-46(23-22-38(41)10-1)45-15-8-14-44(36-45)43-13-7-12-42(34-43)39-24-29-48(30-25-39)59(53-18-9-21-57-58(53)51-17-4-6-20-55(51)61-57)49-31-26-40(27-32-49)47-28-33-56-52(37-47)50-16-3-5-19-54(50)60-56/h1-37H. The summed E-state index contributed by atoms with van der Waals surface area (Å²) in [6, 6.07) is 80.1. The maximum Gasteiger partial charge on any atom is 0.137 e. The van der Waals surface area contributed by atoms with Crippen molar-refractivity contribution >= 4 is 71.7 Å². The molecule has 0 N–H and O–H groups in total. The lowest BCUT2D eigenvalue weighted by atomic mass is 9.95. The molecule has 0 unspecified atom stereocenters. The third-order valence-corrected chi connectivity index (χ3v) is 12.1. The summed E-state index contributed by atoms with van der Waals surface area (Å²) in [6.45, 7) is 0. The molecule has 2 aromatic heterocycles. The maximum absolute atomic E-state index is 6.39. The van der Waals surface area contributed by atoms with Gasteiger partial charge in [0.05, 0.1) is 11.1 Å². The number of nitrogens with zero attached hydrogens (tertiary/aromatic N) is 1. The van der Waals surface area contributed by atoms with Crippen LogP contribution in [0.25, 0.3) is 99.2 Å². The molecule has 0 aliphatic carbocycles. The lowest BCUT2D eigenvalue weighted by Crippen LogP contribution is -2.10. The monoisotopic (exact) mass is 779 g/mol. The average Bonchev–Trinajstić information content (AvgIpc) is 3.91. The van der Waals surface area contributed by atoms with Gasteiger partial charge in [-0.05, 0) is 134 Å². The van der Waals surface area contributed by atoms with Crippen molar-refractivity contribution in [2.75, 3.05) is 4.90 Å². The molecule has 0 fully saturated rings. The predicted molar refractivity (Wildman–Crippen MR) is 255 cm³/mol. The van der Waals surface area contributed by atoms with Crippen molar-refractivity contribution in [3.8, 4) is 44.5 Å². The van der Waals surface area contributed by atoms with Gasteiger partial charge in [0.2, 0.25) is 0 Å². The number of hydrogen-bond acceptors (Lipinski definition) is 3. The van der Waals surface area contributed by atoms with Crippen LogP contribution in [0.1, 0.15) is 0 Å². The summed E-state index contributed by atoms with van der Waals surface area (Å²) in [5.41, 5.74) is 16.1. The number of rotatable bonds is 7. The van der Waals surface area contributed by atoms with E-state index in [1.165, 1.54) is 38.6 Å². The van der Waals surface area contributed by atoms with Crippen molar-refractivity contribution in [1.82, 2.24) is 0 Å². The average molecular weight is 780 g/mol. The van der Waals surface area contributed by atoms with Gasteiger partial charge in [0.25, 0.3) is 0 Å².